The minimum atomic E-state index is 0.498. The summed E-state index contributed by atoms with van der Waals surface area (Å²) >= 11 is 4.95. The summed E-state index contributed by atoms with van der Waals surface area (Å²) < 4.78 is 1.68. The molecule has 0 aromatic carbocycles. The molecule has 0 atom stereocenters. The number of rotatable bonds is 6. The van der Waals surface area contributed by atoms with Gasteiger partial charge in [0.15, 0.2) is 11.5 Å². The van der Waals surface area contributed by atoms with Crippen molar-refractivity contribution in [3.8, 4) is 0 Å². The van der Waals surface area contributed by atoms with E-state index in [4.69, 9.17) is 18.0 Å². The predicted molar refractivity (Wildman–Crippen MR) is 77.0 cm³/mol. The Morgan fingerprint density at radius 1 is 1.47 bits per heavy atom. The SMILES string of the molecule is CC(C)CN(CCC(N)=S)c1cncc2nnnn12. The minimum absolute atomic E-state index is 0.498. The highest BCUT2D eigenvalue weighted by Crippen LogP contribution is 2.15. The van der Waals surface area contributed by atoms with E-state index in [1.165, 1.54) is 0 Å². The maximum atomic E-state index is 5.58. The van der Waals surface area contributed by atoms with Crippen LogP contribution < -0.4 is 10.6 Å². The Hall–Kier alpha value is -1.83. The fourth-order valence-electron chi connectivity index (χ4n) is 1.86. The number of tetrazole rings is 1. The van der Waals surface area contributed by atoms with Crippen LogP contribution in [-0.4, -0.2) is 43.1 Å². The van der Waals surface area contributed by atoms with Gasteiger partial charge in [0.25, 0.3) is 0 Å². The average molecular weight is 279 g/mol. The molecule has 0 aliphatic heterocycles. The molecule has 19 heavy (non-hydrogen) atoms. The second-order valence-corrected chi connectivity index (χ2v) is 5.29. The fraction of sp³-hybridized carbons (Fsp3) is 0.545. The monoisotopic (exact) mass is 279 g/mol. The highest BCUT2D eigenvalue weighted by atomic mass is 32.1. The Morgan fingerprint density at radius 2 is 2.26 bits per heavy atom. The van der Waals surface area contributed by atoms with Crippen LogP contribution in [0.5, 0.6) is 0 Å². The molecule has 0 amide bonds. The van der Waals surface area contributed by atoms with Gasteiger partial charge in [-0.3, -0.25) is 4.98 Å². The van der Waals surface area contributed by atoms with Gasteiger partial charge in [0.2, 0.25) is 0 Å². The topological polar surface area (TPSA) is 85.2 Å². The van der Waals surface area contributed by atoms with Gasteiger partial charge >= 0.3 is 0 Å². The van der Waals surface area contributed by atoms with Crippen molar-refractivity contribution < 1.29 is 0 Å². The molecule has 2 aromatic rings. The zero-order valence-corrected chi connectivity index (χ0v) is 11.8. The molecule has 0 saturated carbocycles. The lowest BCUT2D eigenvalue weighted by Crippen LogP contribution is -2.32. The Bertz CT molecular complexity index is 565. The number of anilines is 1. The second kappa shape index (κ2) is 5.87. The minimum Gasteiger partial charge on any atom is -0.393 e. The first kappa shape index (κ1) is 13.6. The van der Waals surface area contributed by atoms with Gasteiger partial charge in [-0.1, -0.05) is 26.1 Å². The summed E-state index contributed by atoms with van der Waals surface area (Å²) in [5, 5.41) is 11.5. The van der Waals surface area contributed by atoms with E-state index in [0.717, 1.165) is 18.9 Å². The Kier molecular flexibility index (Phi) is 4.20. The van der Waals surface area contributed by atoms with E-state index in [2.05, 4.69) is 39.3 Å². The van der Waals surface area contributed by atoms with Crippen LogP contribution in [0.1, 0.15) is 20.3 Å². The Balaban J connectivity index is 2.30. The zero-order valence-electron chi connectivity index (χ0n) is 11.0. The van der Waals surface area contributed by atoms with Crippen molar-refractivity contribution in [3.05, 3.63) is 12.4 Å². The molecule has 0 radical (unpaired) electrons. The molecule has 102 valence electrons. The molecule has 7 nitrogen and oxygen atoms in total. The van der Waals surface area contributed by atoms with Crippen LogP contribution >= 0.6 is 12.2 Å². The number of aromatic nitrogens is 5. The van der Waals surface area contributed by atoms with E-state index in [1.54, 1.807) is 16.9 Å². The summed E-state index contributed by atoms with van der Waals surface area (Å²) in [7, 11) is 0. The lowest BCUT2D eigenvalue weighted by atomic mass is 10.2. The lowest BCUT2D eigenvalue weighted by Gasteiger charge is -2.25. The van der Waals surface area contributed by atoms with Gasteiger partial charge in [0, 0.05) is 19.5 Å². The first-order valence-electron chi connectivity index (χ1n) is 6.13. The molecule has 0 spiro atoms. The standard InChI is InChI=1S/C11H17N7S/c1-8(2)7-17(4-3-9(12)19)11-6-13-5-10-14-15-16-18(10)11/h5-6,8H,3-4,7H2,1-2H3,(H2,12,19). The van der Waals surface area contributed by atoms with E-state index in [1.807, 2.05) is 0 Å². The Labute approximate surface area is 116 Å². The van der Waals surface area contributed by atoms with Crippen molar-refractivity contribution in [2.75, 3.05) is 18.0 Å². The van der Waals surface area contributed by atoms with Crippen LogP contribution in [0.3, 0.4) is 0 Å². The van der Waals surface area contributed by atoms with Crippen molar-refractivity contribution >= 4 is 28.7 Å². The summed E-state index contributed by atoms with van der Waals surface area (Å²) in [6, 6.07) is 0. The van der Waals surface area contributed by atoms with Crippen LogP contribution in [0.25, 0.3) is 5.65 Å². The molecule has 8 heteroatoms. The largest absolute Gasteiger partial charge is 0.393 e. The quantitative estimate of drug-likeness (QED) is 0.777. The molecule has 0 unspecified atom stereocenters. The number of thiocarbonyl (C=S) groups is 1. The third kappa shape index (κ3) is 3.34. The number of nitrogens with zero attached hydrogens (tertiary/aromatic N) is 6. The zero-order chi connectivity index (χ0) is 13.8. The van der Waals surface area contributed by atoms with Crippen molar-refractivity contribution in [1.29, 1.82) is 0 Å². The third-order valence-electron chi connectivity index (χ3n) is 2.63. The first-order chi connectivity index (χ1) is 9.08. The van der Waals surface area contributed by atoms with Crippen LogP contribution in [-0.2, 0) is 0 Å². The smallest absolute Gasteiger partial charge is 0.199 e. The highest BCUT2D eigenvalue weighted by Gasteiger charge is 2.14. The Morgan fingerprint density at radius 3 is 2.95 bits per heavy atom. The van der Waals surface area contributed by atoms with Gasteiger partial charge in [0.05, 0.1) is 17.4 Å². The summed E-state index contributed by atoms with van der Waals surface area (Å²) in [6.07, 6.45) is 4.04. The summed E-state index contributed by atoms with van der Waals surface area (Å²) in [6.45, 7) is 5.90. The molecular formula is C11H17N7S. The molecule has 0 aliphatic carbocycles. The van der Waals surface area contributed by atoms with E-state index in [-0.39, 0.29) is 0 Å². The maximum absolute atomic E-state index is 5.58. The normalized spacial score (nSPS) is 11.1. The summed E-state index contributed by atoms with van der Waals surface area (Å²) in [4.78, 5) is 6.83. The third-order valence-corrected chi connectivity index (χ3v) is 2.83. The maximum Gasteiger partial charge on any atom is 0.199 e. The van der Waals surface area contributed by atoms with Gasteiger partial charge < -0.3 is 10.6 Å². The van der Waals surface area contributed by atoms with Crippen molar-refractivity contribution in [2.24, 2.45) is 11.7 Å². The van der Waals surface area contributed by atoms with Gasteiger partial charge in [-0.05, 0) is 16.3 Å². The van der Waals surface area contributed by atoms with E-state index in [0.29, 0.717) is 23.0 Å². The van der Waals surface area contributed by atoms with E-state index in [9.17, 15) is 0 Å². The number of hydrogen-bond donors (Lipinski definition) is 1. The molecule has 0 fully saturated rings. The molecule has 2 N–H and O–H groups in total. The number of nitrogens with two attached hydrogens (primary N) is 1. The first-order valence-corrected chi connectivity index (χ1v) is 6.54. The van der Waals surface area contributed by atoms with E-state index >= 15 is 0 Å². The molecule has 0 bridgehead atoms. The van der Waals surface area contributed by atoms with Crippen LogP contribution in [0.2, 0.25) is 0 Å². The van der Waals surface area contributed by atoms with Crippen LogP contribution in [0.4, 0.5) is 5.82 Å². The van der Waals surface area contributed by atoms with E-state index < -0.39 is 0 Å². The fourth-order valence-corrected chi connectivity index (χ4v) is 1.96. The van der Waals surface area contributed by atoms with Gasteiger partial charge in [-0.15, -0.1) is 5.10 Å². The molecule has 0 aliphatic rings. The molecular weight excluding hydrogens is 262 g/mol. The number of fused-ring (bicyclic) bond motifs is 1. The van der Waals surface area contributed by atoms with Crippen molar-refractivity contribution in [3.63, 3.8) is 0 Å². The predicted octanol–water partition coefficient (Wildman–Crippen LogP) is 0.658. The summed E-state index contributed by atoms with van der Waals surface area (Å²) in [5.41, 5.74) is 6.21. The molecule has 2 heterocycles. The van der Waals surface area contributed by atoms with Gasteiger partial charge in [-0.2, -0.15) is 4.52 Å². The molecule has 0 saturated heterocycles. The second-order valence-electron chi connectivity index (χ2n) is 4.77. The molecule has 2 rings (SSSR count). The summed E-state index contributed by atoms with van der Waals surface area (Å²) in [5.74, 6) is 1.35. The highest BCUT2D eigenvalue weighted by molar-refractivity contribution is 7.80. The molecule has 2 aromatic heterocycles. The van der Waals surface area contributed by atoms with Crippen molar-refractivity contribution in [2.45, 2.75) is 20.3 Å². The number of hydrogen-bond acceptors (Lipinski definition) is 6. The van der Waals surface area contributed by atoms with Crippen LogP contribution in [0.15, 0.2) is 12.4 Å². The van der Waals surface area contributed by atoms with Gasteiger partial charge in [-0.25, -0.2) is 0 Å². The van der Waals surface area contributed by atoms with Crippen LogP contribution in [0, 0.1) is 5.92 Å². The van der Waals surface area contributed by atoms with Gasteiger partial charge in [0.1, 0.15) is 0 Å². The van der Waals surface area contributed by atoms with Crippen molar-refractivity contribution in [1.82, 2.24) is 25.0 Å². The average Bonchev–Trinajstić information content (AvgIpc) is 2.81. The lowest BCUT2D eigenvalue weighted by molar-refractivity contribution is 0.601.